The molecule has 37 heavy (non-hydrogen) atoms. The molecule has 2 aliphatic rings. The van der Waals surface area contributed by atoms with Crippen molar-refractivity contribution in [3.63, 3.8) is 0 Å². The smallest absolute Gasteiger partial charge is 0.412 e. The van der Waals surface area contributed by atoms with E-state index >= 15 is 0 Å². The highest BCUT2D eigenvalue weighted by Gasteiger charge is 2.36. The van der Waals surface area contributed by atoms with Gasteiger partial charge >= 0.3 is 6.09 Å². The number of nitrogens with zero attached hydrogens (tertiary/aromatic N) is 1. The Morgan fingerprint density at radius 1 is 0.973 bits per heavy atom. The lowest BCUT2D eigenvalue weighted by Gasteiger charge is -2.30. The molecule has 2 fully saturated rings. The molecule has 2 N–H and O–H groups in total. The Morgan fingerprint density at radius 3 is 2.43 bits per heavy atom. The van der Waals surface area contributed by atoms with Crippen LogP contribution in [-0.2, 0) is 16.1 Å². The first kappa shape index (κ1) is 24.8. The van der Waals surface area contributed by atoms with Crippen molar-refractivity contribution in [3.8, 4) is 0 Å². The second-order valence-corrected chi connectivity index (χ2v) is 9.60. The molecule has 3 aromatic carbocycles. The van der Waals surface area contributed by atoms with E-state index in [4.69, 9.17) is 9.47 Å². The molecule has 5 rings (SSSR count). The molecule has 1 heterocycles. The number of carbonyl (C=O) groups is 2. The van der Waals surface area contributed by atoms with Crippen LogP contribution in [0.3, 0.4) is 0 Å². The highest BCUT2D eigenvalue weighted by atomic mass is 16.5. The van der Waals surface area contributed by atoms with Gasteiger partial charge in [-0.25, -0.2) is 4.79 Å². The Balaban J connectivity index is 1.29. The van der Waals surface area contributed by atoms with E-state index < -0.39 is 6.09 Å². The van der Waals surface area contributed by atoms with Gasteiger partial charge in [-0.2, -0.15) is 0 Å². The molecule has 1 aliphatic carbocycles. The van der Waals surface area contributed by atoms with Crippen molar-refractivity contribution in [2.24, 2.45) is 5.92 Å². The number of anilines is 3. The molecule has 7 nitrogen and oxygen atoms in total. The van der Waals surface area contributed by atoms with E-state index in [1.165, 1.54) is 18.4 Å². The fraction of sp³-hybridized carbons (Fsp3) is 0.333. The van der Waals surface area contributed by atoms with Gasteiger partial charge in [0.15, 0.2) is 0 Å². The fourth-order valence-corrected chi connectivity index (χ4v) is 4.85. The number of carbonyl (C=O) groups excluding carboxylic acids is 2. The SMILES string of the molecule is CCC1CC1c1ccc(NC(=O)c2ccc(N3CCOCC3)c(NC(=O)OCc3ccccc3)c2)cc1. The van der Waals surface area contributed by atoms with Gasteiger partial charge in [-0.3, -0.25) is 10.1 Å². The molecule has 0 aromatic heterocycles. The molecule has 2 unspecified atom stereocenters. The molecule has 1 saturated heterocycles. The van der Waals surface area contributed by atoms with Gasteiger partial charge in [0, 0.05) is 24.3 Å². The Morgan fingerprint density at radius 2 is 1.73 bits per heavy atom. The molecule has 0 radical (unpaired) electrons. The summed E-state index contributed by atoms with van der Waals surface area (Å²) in [7, 11) is 0. The highest BCUT2D eigenvalue weighted by Crippen LogP contribution is 2.49. The Kier molecular flexibility index (Phi) is 7.70. The fourth-order valence-electron chi connectivity index (χ4n) is 4.85. The summed E-state index contributed by atoms with van der Waals surface area (Å²) in [5.74, 6) is 1.20. The summed E-state index contributed by atoms with van der Waals surface area (Å²) in [6.07, 6.45) is 1.89. The summed E-state index contributed by atoms with van der Waals surface area (Å²) in [5, 5.41) is 5.83. The number of ether oxygens (including phenoxy) is 2. The second-order valence-electron chi connectivity index (χ2n) is 9.60. The van der Waals surface area contributed by atoms with Crippen LogP contribution in [0.25, 0.3) is 0 Å². The predicted octanol–water partition coefficient (Wildman–Crippen LogP) is 6.04. The van der Waals surface area contributed by atoms with Crippen molar-refractivity contribution in [3.05, 3.63) is 89.5 Å². The number of amides is 2. The topological polar surface area (TPSA) is 79.9 Å². The molecular weight excluding hydrogens is 466 g/mol. The van der Waals surface area contributed by atoms with Gasteiger partial charge in [0.05, 0.1) is 24.6 Å². The molecule has 0 spiro atoms. The monoisotopic (exact) mass is 499 g/mol. The second kappa shape index (κ2) is 11.5. The van der Waals surface area contributed by atoms with E-state index in [-0.39, 0.29) is 12.5 Å². The average Bonchev–Trinajstić information content (AvgIpc) is 3.73. The molecule has 2 amide bonds. The lowest BCUT2D eigenvalue weighted by atomic mass is 10.1. The van der Waals surface area contributed by atoms with Crippen LogP contribution >= 0.6 is 0 Å². The number of nitrogens with one attached hydrogen (secondary N) is 2. The molecule has 1 aliphatic heterocycles. The number of hydrogen-bond donors (Lipinski definition) is 2. The zero-order valence-electron chi connectivity index (χ0n) is 21.1. The van der Waals surface area contributed by atoms with Crippen LogP contribution in [0.15, 0.2) is 72.8 Å². The quantitative estimate of drug-likeness (QED) is 0.395. The van der Waals surface area contributed by atoms with Crippen molar-refractivity contribution in [1.29, 1.82) is 0 Å². The predicted molar refractivity (Wildman–Crippen MR) is 145 cm³/mol. The van der Waals surface area contributed by atoms with Crippen LogP contribution in [0.1, 0.15) is 47.2 Å². The Hall–Kier alpha value is -3.84. The van der Waals surface area contributed by atoms with Crippen LogP contribution in [0.2, 0.25) is 0 Å². The Labute approximate surface area is 217 Å². The number of benzene rings is 3. The van der Waals surface area contributed by atoms with Crippen LogP contribution in [0.5, 0.6) is 0 Å². The Bertz CT molecular complexity index is 1220. The molecular formula is C30H33N3O4. The van der Waals surface area contributed by atoms with Crippen LogP contribution in [0, 0.1) is 5.92 Å². The zero-order valence-corrected chi connectivity index (χ0v) is 21.1. The number of rotatable bonds is 8. The van der Waals surface area contributed by atoms with Crippen LogP contribution in [-0.4, -0.2) is 38.3 Å². The summed E-state index contributed by atoms with van der Waals surface area (Å²) in [6, 6.07) is 23.0. The third-order valence-corrected chi connectivity index (χ3v) is 7.10. The maximum Gasteiger partial charge on any atom is 0.412 e. The largest absolute Gasteiger partial charge is 0.444 e. The van der Waals surface area contributed by atoms with Gasteiger partial charge in [-0.15, -0.1) is 0 Å². The van der Waals surface area contributed by atoms with Crippen molar-refractivity contribution in [2.75, 3.05) is 41.8 Å². The van der Waals surface area contributed by atoms with Crippen molar-refractivity contribution in [1.82, 2.24) is 0 Å². The maximum atomic E-state index is 13.1. The molecule has 2 atom stereocenters. The van der Waals surface area contributed by atoms with Gasteiger partial charge in [0.25, 0.3) is 5.91 Å². The number of hydrogen-bond acceptors (Lipinski definition) is 5. The summed E-state index contributed by atoms with van der Waals surface area (Å²) >= 11 is 0. The van der Waals surface area contributed by atoms with Crippen molar-refractivity contribution in [2.45, 2.75) is 32.3 Å². The van der Waals surface area contributed by atoms with Crippen molar-refractivity contribution < 1.29 is 19.1 Å². The van der Waals surface area contributed by atoms with Crippen molar-refractivity contribution >= 4 is 29.1 Å². The summed E-state index contributed by atoms with van der Waals surface area (Å²) in [4.78, 5) is 27.9. The maximum absolute atomic E-state index is 13.1. The average molecular weight is 500 g/mol. The summed E-state index contributed by atoms with van der Waals surface area (Å²) in [5.41, 5.74) is 4.79. The van der Waals surface area contributed by atoms with E-state index in [1.54, 1.807) is 12.1 Å². The van der Waals surface area contributed by atoms with Crippen LogP contribution < -0.4 is 15.5 Å². The van der Waals surface area contributed by atoms with Crippen LogP contribution in [0.4, 0.5) is 21.9 Å². The standard InChI is InChI=1S/C30H33N3O4/c1-2-22-18-26(22)23-8-11-25(12-9-23)31-29(34)24-10-13-28(33-14-16-36-17-15-33)27(19-24)32-30(35)37-20-21-6-4-3-5-7-21/h3-13,19,22,26H,2,14-18,20H2,1H3,(H,31,34)(H,32,35). The molecule has 0 bridgehead atoms. The summed E-state index contributed by atoms with van der Waals surface area (Å²) in [6.45, 7) is 5.01. The third kappa shape index (κ3) is 6.30. The first-order valence-corrected chi connectivity index (χ1v) is 13.0. The van der Waals surface area contributed by atoms with Gasteiger partial charge in [0.2, 0.25) is 0 Å². The van der Waals surface area contributed by atoms with Gasteiger partial charge in [-0.05, 0) is 59.7 Å². The zero-order chi connectivity index (χ0) is 25.6. The first-order chi connectivity index (χ1) is 18.1. The van der Waals surface area contributed by atoms with Gasteiger partial charge in [0.1, 0.15) is 6.61 Å². The lowest BCUT2D eigenvalue weighted by molar-refractivity contribution is 0.102. The molecule has 3 aromatic rings. The molecule has 1 saturated carbocycles. The lowest BCUT2D eigenvalue weighted by Crippen LogP contribution is -2.37. The van der Waals surface area contributed by atoms with E-state index in [1.807, 2.05) is 48.5 Å². The van der Waals surface area contributed by atoms with E-state index in [2.05, 4.69) is 34.6 Å². The first-order valence-electron chi connectivity index (χ1n) is 13.0. The van der Waals surface area contributed by atoms with E-state index in [0.717, 1.165) is 22.9 Å². The van der Waals surface area contributed by atoms with Gasteiger partial charge < -0.3 is 19.7 Å². The number of morpholine rings is 1. The molecule has 7 heteroatoms. The summed E-state index contributed by atoms with van der Waals surface area (Å²) < 4.78 is 10.9. The minimum atomic E-state index is -0.572. The van der Waals surface area contributed by atoms with E-state index in [0.29, 0.717) is 43.5 Å². The minimum absolute atomic E-state index is 0.162. The van der Waals surface area contributed by atoms with Gasteiger partial charge in [-0.1, -0.05) is 55.8 Å². The van der Waals surface area contributed by atoms with E-state index in [9.17, 15) is 9.59 Å². The minimum Gasteiger partial charge on any atom is -0.444 e. The third-order valence-electron chi connectivity index (χ3n) is 7.10. The normalized spacial score (nSPS) is 18.7. The highest BCUT2D eigenvalue weighted by molar-refractivity contribution is 6.06. The molecule has 192 valence electrons.